The Bertz CT molecular complexity index is 530. The number of aromatic amines is 1. The van der Waals surface area contributed by atoms with Gasteiger partial charge in [0, 0.05) is 11.8 Å². The Labute approximate surface area is 106 Å². The van der Waals surface area contributed by atoms with E-state index in [1.165, 1.54) is 12.1 Å². The van der Waals surface area contributed by atoms with Crippen LogP contribution < -0.4 is 5.32 Å². The number of aromatic nitrogens is 2. The van der Waals surface area contributed by atoms with E-state index in [4.69, 9.17) is 0 Å². The molecule has 0 bridgehead atoms. The molecule has 100 valence electrons. The van der Waals surface area contributed by atoms with Gasteiger partial charge in [0.05, 0.1) is 11.9 Å². The molecule has 0 saturated heterocycles. The second kappa shape index (κ2) is 5.51. The molecule has 0 saturated carbocycles. The van der Waals surface area contributed by atoms with Gasteiger partial charge in [-0.05, 0) is 24.3 Å². The lowest BCUT2D eigenvalue weighted by Crippen LogP contribution is -2.21. The van der Waals surface area contributed by atoms with E-state index in [0.717, 1.165) is 0 Å². The van der Waals surface area contributed by atoms with Crippen LogP contribution in [0.25, 0.3) is 0 Å². The topological polar surface area (TPSA) is 65.4 Å². The maximum Gasteiger partial charge on any atom is 0.405 e. The first-order chi connectivity index (χ1) is 9.03. The molecule has 0 aliphatic carbocycles. The van der Waals surface area contributed by atoms with Crippen LogP contribution in [0.4, 0.5) is 30.4 Å². The molecule has 19 heavy (non-hydrogen) atoms. The van der Waals surface area contributed by atoms with Crippen molar-refractivity contribution in [1.29, 1.82) is 0 Å². The SMILES string of the molecule is FC(F)(F)CNc1ccc(N=Nc2ccn[nH]2)cc1. The summed E-state index contributed by atoms with van der Waals surface area (Å²) in [6, 6.07) is 7.79. The smallest absolute Gasteiger partial charge is 0.376 e. The summed E-state index contributed by atoms with van der Waals surface area (Å²) in [6.45, 7) is -1.07. The van der Waals surface area contributed by atoms with Gasteiger partial charge in [-0.3, -0.25) is 5.10 Å². The number of azo groups is 1. The zero-order valence-corrected chi connectivity index (χ0v) is 9.65. The van der Waals surface area contributed by atoms with Gasteiger partial charge in [-0.15, -0.1) is 10.2 Å². The van der Waals surface area contributed by atoms with E-state index in [1.54, 1.807) is 24.4 Å². The fourth-order valence-corrected chi connectivity index (χ4v) is 1.26. The number of nitrogens with one attached hydrogen (secondary N) is 2. The van der Waals surface area contributed by atoms with Gasteiger partial charge in [-0.2, -0.15) is 18.3 Å². The van der Waals surface area contributed by atoms with Crippen molar-refractivity contribution in [3.8, 4) is 0 Å². The van der Waals surface area contributed by atoms with Crippen LogP contribution in [-0.2, 0) is 0 Å². The Morgan fingerprint density at radius 3 is 2.42 bits per heavy atom. The van der Waals surface area contributed by atoms with Crippen LogP contribution in [0.5, 0.6) is 0 Å². The van der Waals surface area contributed by atoms with Crippen molar-refractivity contribution in [3.05, 3.63) is 36.5 Å². The first-order valence-corrected chi connectivity index (χ1v) is 5.35. The molecule has 0 unspecified atom stereocenters. The molecule has 2 rings (SSSR count). The van der Waals surface area contributed by atoms with Gasteiger partial charge in [0.1, 0.15) is 6.54 Å². The van der Waals surface area contributed by atoms with E-state index in [1.807, 2.05) is 0 Å². The van der Waals surface area contributed by atoms with E-state index in [0.29, 0.717) is 17.2 Å². The average molecular weight is 269 g/mol. The lowest BCUT2D eigenvalue weighted by atomic mass is 10.3. The summed E-state index contributed by atoms with van der Waals surface area (Å²) in [5.74, 6) is 0.499. The van der Waals surface area contributed by atoms with Gasteiger partial charge in [-0.1, -0.05) is 0 Å². The predicted octanol–water partition coefficient (Wildman–Crippen LogP) is 3.80. The molecule has 0 atom stereocenters. The largest absolute Gasteiger partial charge is 0.405 e. The minimum absolute atomic E-state index is 0.373. The second-order valence-electron chi connectivity index (χ2n) is 3.66. The third-order valence-electron chi connectivity index (χ3n) is 2.12. The van der Waals surface area contributed by atoms with E-state index >= 15 is 0 Å². The summed E-state index contributed by atoms with van der Waals surface area (Å²) < 4.78 is 36.0. The molecule has 2 aromatic rings. The number of anilines is 1. The minimum Gasteiger partial charge on any atom is -0.376 e. The van der Waals surface area contributed by atoms with Crippen LogP contribution in [0.3, 0.4) is 0 Å². The number of benzene rings is 1. The van der Waals surface area contributed by atoms with Crippen molar-refractivity contribution in [3.63, 3.8) is 0 Å². The molecule has 1 aromatic carbocycles. The number of rotatable bonds is 4. The van der Waals surface area contributed by atoms with Crippen molar-refractivity contribution in [2.75, 3.05) is 11.9 Å². The lowest BCUT2D eigenvalue weighted by Gasteiger charge is -2.09. The predicted molar refractivity (Wildman–Crippen MR) is 63.8 cm³/mol. The Balaban J connectivity index is 1.95. The van der Waals surface area contributed by atoms with Gasteiger partial charge in [0.2, 0.25) is 0 Å². The standard InChI is InChI=1S/C11H10F3N5/c12-11(13,14)7-15-8-1-3-9(4-2-8)17-19-10-5-6-16-18-10/h1-6,15H,7H2,(H,16,18). The van der Waals surface area contributed by atoms with Crippen molar-refractivity contribution in [2.45, 2.75) is 6.18 Å². The Morgan fingerprint density at radius 2 is 1.84 bits per heavy atom. The molecular formula is C11H10F3N5. The van der Waals surface area contributed by atoms with E-state index in [-0.39, 0.29) is 0 Å². The van der Waals surface area contributed by atoms with Crippen LogP contribution in [0, 0.1) is 0 Å². The zero-order valence-electron chi connectivity index (χ0n) is 9.65. The maximum atomic E-state index is 12.0. The van der Waals surface area contributed by atoms with Gasteiger partial charge in [0.15, 0.2) is 5.82 Å². The summed E-state index contributed by atoms with van der Waals surface area (Å²) in [6.07, 6.45) is -2.70. The lowest BCUT2D eigenvalue weighted by molar-refractivity contribution is -0.115. The number of halogens is 3. The quantitative estimate of drug-likeness (QED) is 0.829. The van der Waals surface area contributed by atoms with Crippen LogP contribution >= 0.6 is 0 Å². The summed E-state index contributed by atoms with van der Waals surface area (Å²) in [4.78, 5) is 0. The van der Waals surface area contributed by atoms with E-state index < -0.39 is 12.7 Å². The summed E-state index contributed by atoms with van der Waals surface area (Å²) in [7, 11) is 0. The monoisotopic (exact) mass is 269 g/mol. The van der Waals surface area contributed by atoms with Crippen molar-refractivity contribution >= 4 is 17.2 Å². The minimum atomic E-state index is -4.24. The molecule has 2 N–H and O–H groups in total. The highest BCUT2D eigenvalue weighted by molar-refractivity contribution is 5.50. The van der Waals surface area contributed by atoms with Crippen LogP contribution in [0.1, 0.15) is 0 Å². The molecule has 5 nitrogen and oxygen atoms in total. The Hall–Kier alpha value is -2.38. The number of hydrogen-bond donors (Lipinski definition) is 2. The summed E-state index contributed by atoms with van der Waals surface area (Å²) in [5.41, 5.74) is 0.907. The maximum absolute atomic E-state index is 12.0. The first kappa shape index (κ1) is 13.1. The fourth-order valence-electron chi connectivity index (χ4n) is 1.26. The Kier molecular flexibility index (Phi) is 3.79. The number of nitrogens with zero attached hydrogens (tertiary/aromatic N) is 3. The molecule has 1 aromatic heterocycles. The van der Waals surface area contributed by atoms with Gasteiger partial charge < -0.3 is 5.32 Å². The van der Waals surface area contributed by atoms with Crippen molar-refractivity contribution < 1.29 is 13.2 Å². The normalized spacial score (nSPS) is 11.9. The number of H-pyrrole nitrogens is 1. The van der Waals surface area contributed by atoms with Gasteiger partial charge in [0.25, 0.3) is 0 Å². The highest BCUT2D eigenvalue weighted by Crippen LogP contribution is 2.20. The van der Waals surface area contributed by atoms with Crippen LogP contribution in [-0.4, -0.2) is 22.9 Å². The highest BCUT2D eigenvalue weighted by atomic mass is 19.4. The molecule has 8 heteroatoms. The molecule has 0 spiro atoms. The molecule has 0 radical (unpaired) electrons. The molecule has 0 amide bonds. The first-order valence-electron chi connectivity index (χ1n) is 5.35. The second-order valence-corrected chi connectivity index (χ2v) is 3.66. The summed E-state index contributed by atoms with van der Waals surface area (Å²) in [5, 5.41) is 16.3. The molecule has 0 aliphatic rings. The number of alkyl halides is 3. The molecule has 1 heterocycles. The van der Waals surface area contributed by atoms with Gasteiger partial charge >= 0.3 is 6.18 Å². The molecule has 0 aliphatic heterocycles. The van der Waals surface area contributed by atoms with E-state index in [9.17, 15) is 13.2 Å². The Morgan fingerprint density at radius 1 is 1.11 bits per heavy atom. The molecular weight excluding hydrogens is 259 g/mol. The van der Waals surface area contributed by atoms with E-state index in [2.05, 4.69) is 25.7 Å². The highest BCUT2D eigenvalue weighted by Gasteiger charge is 2.26. The van der Waals surface area contributed by atoms with Gasteiger partial charge in [-0.25, -0.2) is 0 Å². The molecule has 0 fully saturated rings. The van der Waals surface area contributed by atoms with Crippen molar-refractivity contribution in [2.24, 2.45) is 10.2 Å². The van der Waals surface area contributed by atoms with Crippen molar-refractivity contribution in [1.82, 2.24) is 10.2 Å². The third-order valence-corrected chi connectivity index (χ3v) is 2.12. The van der Waals surface area contributed by atoms with Crippen LogP contribution in [0.15, 0.2) is 46.8 Å². The fraction of sp³-hybridized carbons (Fsp3) is 0.182. The zero-order chi connectivity index (χ0) is 13.7. The third kappa shape index (κ3) is 4.41. The average Bonchev–Trinajstić information content (AvgIpc) is 2.87. The summed E-state index contributed by atoms with van der Waals surface area (Å²) >= 11 is 0. The number of hydrogen-bond acceptors (Lipinski definition) is 4. The van der Waals surface area contributed by atoms with Crippen LogP contribution in [0.2, 0.25) is 0 Å².